The van der Waals surface area contributed by atoms with E-state index < -0.39 is 24.2 Å². The van der Waals surface area contributed by atoms with Crippen LogP contribution in [0.5, 0.6) is 5.75 Å². The molecule has 2 rings (SSSR count). The Morgan fingerprint density at radius 1 is 1.47 bits per heavy atom. The van der Waals surface area contributed by atoms with Crippen molar-refractivity contribution in [3.05, 3.63) is 23.8 Å². The SMILES string of the molecule is NC(CC(=O)O)C(=O)c1ccc2c(c1)NC(=O)CO2. The molecule has 19 heavy (non-hydrogen) atoms. The van der Waals surface area contributed by atoms with E-state index in [2.05, 4.69) is 5.32 Å². The van der Waals surface area contributed by atoms with Gasteiger partial charge in [-0.25, -0.2) is 0 Å². The van der Waals surface area contributed by atoms with Crippen molar-refractivity contribution in [3.63, 3.8) is 0 Å². The van der Waals surface area contributed by atoms with Gasteiger partial charge in [0.15, 0.2) is 12.4 Å². The van der Waals surface area contributed by atoms with Crippen LogP contribution >= 0.6 is 0 Å². The van der Waals surface area contributed by atoms with Crippen molar-refractivity contribution in [2.45, 2.75) is 12.5 Å². The van der Waals surface area contributed by atoms with Crippen molar-refractivity contribution >= 4 is 23.3 Å². The highest BCUT2D eigenvalue weighted by molar-refractivity contribution is 6.04. The number of fused-ring (bicyclic) bond motifs is 1. The largest absolute Gasteiger partial charge is 0.482 e. The van der Waals surface area contributed by atoms with Crippen LogP contribution in [0.25, 0.3) is 0 Å². The number of aliphatic carboxylic acids is 1. The number of carbonyl (C=O) groups excluding carboxylic acids is 2. The van der Waals surface area contributed by atoms with Gasteiger partial charge in [0.2, 0.25) is 0 Å². The number of nitrogens with two attached hydrogens (primary N) is 1. The molecule has 1 aromatic carbocycles. The molecule has 0 saturated carbocycles. The number of carboxylic acids is 1. The normalized spacial score (nSPS) is 14.9. The zero-order chi connectivity index (χ0) is 14.0. The zero-order valence-electron chi connectivity index (χ0n) is 9.88. The van der Waals surface area contributed by atoms with Crippen molar-refractivity contribution < 1.29 is 24.2 Å². The molecule has 1 heterocycles. The second kappa shape index (κ2) is 5.07. The number of Topliss-reactive ketones (excluding diaryl/α,β-unsaturated/α-hetero) is 1. The van der Waals surface area contributed by atoms with Crippen LogP contribution in [0.15, 0.2) is 18.2 Å². The molecule has 4 N–H and O–H groups in total. The fourth-order valence-electron chi connectivity index (χ4n) is 1.73. The van der Waals surface area contributed by atoms with Crippen LogP contribution in [0.2, 0.25) is 0 Å². The molecular formula is C12H12N2O5. The van der Waals surface area contributed by atoms with Gasteiger partial charge >= 0.3 is 5.97 Å². The second-order valence-electron chi connectivity index (χ2n) is 4.12. The van der Waals surface area contributed by atoms with Crippen molar-refractivity contribution in [2.75, 3.05) is 11.9 Å². The summed E-state index contributed by atoms with van der Waals surface area (Å²) < 4.78 is 5.15. The first kappa shape index (κ1) is 13.0. The maximum absolute atomic E-state index is 11.9. The van der Waals surface area contributed by atoms with E-state index in [0.29, 0.717) is 11.4 Å². The van der Waals surface area contributed by atoms with Crippen LogP contribution in [0, 0.1) is 0 Å². The third kappa shape index (κ3) is 2.89. The van der Waals surface area contributed by atoms with E-state index in [1.54, 1.807) is 0 Å². The number of anilines is 1. The van der Waals surface area contributed by atoms with E-state index in [1.807, 2.05) is 0 Å². The van der Waals surface area contributed by atoms with Gasteiger partial charge in [-0.1, -0.05) is 0 Å². The number of benzene rings is 1. The number of hydrogen-bond donors (Lipinski definition) is 3. The zero-order valence-corrected chi connectivity index (χ0v) is 9.88. The molecule has 1 unspecified atom stereocenters. The van der Waals surface area contributed by atoms with Crippen molar-refractivity contribution in [3.8, 4) is 5.75 Å². The van der Waals surface area contributed by atoms with Crippen molar-refractivity contribution in [1.82, 2.24) is 0 Å². The van der Waals surface area contributed by atoms with Crippen LogP contribution in [0.4, 0.5) is 5.69 Å². The summed E-state index contributed by atoms with van der Waals surface area (Å²) >= 11 is 0. The monoisotopic (exact) mass is 264 g/mol. The topological polar surface area (TPSA) is 119 Å². The second-order valence-corrected chi connectivity index (χ2v) is 4.12. The average molecular weight is 264 g/mol. The average Bonchev–Trinajstić information content (AvgIpc) is 2.36. The Kier molecular flexibility index (Phi) is 3.48. The van der Waals surface area contributed by atoms with Crippen LogP contribution in [-0.4, -0.2) is 35.4 Å². The van der Waals surface area contributed by atoms with Gasteiger partial charge in [0.1, 0.15) is 5.75 Å². The summed E-state index contributed by atoms with van der Waals surface area (Å²) in [4.78, 5) is 33.6. The van der Waals surface area contributed by atoms with Crippen LogP contribution in [0.3, 0.4) is 0 Å². The van der Waals surface area contributed by atoms with Gasteiger partial charge in [-0.3, -0.25) is 14.4 Å². The number of hydrogen-bond acceptors (Lipinski definition) is 5. The lowest BCUT2D eigenvalue weighted by Crippen LogP contribution is -2.33. The van der Waals surface area contributed by atoms with Gasteiger partial charge in [-0.05, 0) is 18.2 Å². The summed E-state index contributed by atoms with van der Waals surface area (Å²) in [6.07, 6.45) is -0.446. The van der Waals surface area contributed by atoms with Gasteiger partial charge in [-0.15, -0.1) is 0 Å². The minimum Gasteiger partial charge on any atom is -0.482 e. The van der Waals surface area contributed by atoms with E-state index in [1.165, 1.54) is 18.2 Å². The summed E-state index contributed by atoms with van der Waals surface area (Å²) in [5.74, 6) is -1.49. The first-order valence-corrected chi connectivity index (χ1v) is 5.55. The molecule has 0 bridgehead atoms. The Morgan fingerprint density at radius 3 is 2.89 bits per heavy atom. The molecule has 1 atom stereocenters. The van der Waals surface area contributed by atoms with E-state index in [4.69, 9.17) is 15.6 Å². The highest BCUT2D eigenvalue weighted by Crippen LogP contribution is 2.28. The number of carboxylic acid groups (broad SMARTS) is 1. The summed E-state index contributed by atoms with van der Waals surface area (Å²) in [7, 11) is 0. The van der Waals surface area contributed by atoms with Gasteiger partial charge < -0.3 is 20.9 Å². The van der Waals surface area contributed by atoms with Crippen LogP contribution < -0.4 is 15.8 Å². The number of carbonyl (C=O) groups is 3. The number of ketones is 1. The third-order valence-electron chi connectivity index (χ3n) is 2.63. The molecule has 7 heteroatoms. The molecule has 7 nitrogen and oxygen atoms in total. The summed E-state index contributed by atoms with van der Waals surface area (Å²) in [5.41, 5.74) is 6.12. The van der Waals surface area contributed by atoms with E-state index in [0.717, 1.165) is 0 Å². The standard InChI is InChI=1S/C12H12N2O5/c13-7(4-11(16)17)12(18)6-1-2-9-8(3-6)14-10(15)5-19-9/h1-3,7H,4-5,13H2,(H,14,15)(H,16,17). The Labute approximate surface area is 108 Å². The predicted molar refractivity (Wildman–Crippen MR) is 65.1 cm³/mol. The Bertz CT molecular complexity index is 555. The Balaban J connectivity index is 2.21. The van der Waals surface area contributed by atoms with Gasteiger partial charge in [0, 0.05) is 5.56 Å². The lowest BCUT2D eigenvalue weighted by molar-refractivity contribution is -0.137. The van der Waals surface area contributed by atoms with Gasteiger partial charge in [-0.2, -0.15) is 0 Å². The Hall–Kier alpha value is -2.41. The van der Waals surface area contributed by atoms with Gasteiger partial charge in [0.25, 0.3) is 5.91 Å². The smallest absolute Gasteiger partial charge is 0.305 e. The molecule has 0 aromatic heterocycles. The highest BCUT2D eigenvalue weighted by atomic mass is 16.5. The van der Waals surface area contributed by atoms with E-state index in [-0.39, 0.29) is 18.1 Å². The summed E-state index contributed by atoms with van der Waals surface area (Å²) in [6, 6.07) is 3.34. The molecule has 0 saturated heterocycles. The molecular weight excluding hydrogens is 252 g/mol. The number of ether oxygens (including phenoxy) is 1. The minimum absolute atomic E-state index is 0.0706. The van der Waals surface area contributed by atoms with E-state index >= 15 is 0 Å². The molecule has 1 aliphatic heterocycles. The highest BCUT2D eigenvalue weighted by Gasteiger charge is 2.22. The fraction of sp³-hybridized carbons (Fsp3) is 0.250. The lowest BCUT2D eigenvalue weighted by Gasteiger charge is -2.18. The molecule has 0 aliphatic carbocycles. The molecule has 0 spiro atoms. The van der Waals surface area contributed by atoms with E-state index in [9.17, 15) is 14.4 Å². The maximum atomic E-state index is 11.9. The summed E-state index contributed by atoms with van der Waals surface area (Å²) in [5, 5.41) is 11.2. The first-order chi connectivity index (χ1) is 8.97. The molecule has 1 aliphatic rings. The molecule has 1 amide bonds. The molecule has 0 radical (unpaired) electrons. The molecule has 1 aromatic rings. The minimum atomic E-state index is -1.14. The first-order valence-electron chi connectivity index (χ1n) is 5.55. The Morgan fingerprint density at radius 2 is 2.21 bits per heavy atom. The molecule has 0 fully saturated rings. The quantitative estimate of drug-likeness (QED) is 0.659. The van der Waals surface area contributed by atoms with Crippen molar-refractivity contribution in [1.29, 1.82) is 0 Å². The number of rotatable bonds is 4. The van der Waals surface area contributed by atoms with Crippen molar-refractivity contribution in [2.24, 2.45) is 5.73 Å². The van der Waals surface area contributed by atoms with Crippen LogP contribution in [-0.2, 0) is 9.59 Å². The predicted octanol–water partition coefficient (Wildman–Crippen LogP) is 0.00220. The molecule has 100 valence electrons. The summed E-state index contributed by atoms with van der Waals surface area (Å²) in [6.45, 7) is -0.0706. The number of amides is 1. The fourth-order valence-corrected chi connectivity index (χ4v) is 1.73. The third-order valence-corrected chi connectivity index (χ3v) is 2.63. The lowest BCUT2D eigenvalue weighted by atomic mass is 10.0. The number of nitrogens with one attached hydrogen (secondary N) is 1. The maximum Gasteiger partial charge on any atom is 0.305 e. The van der Waals surface area contributed by atoms with Crippen LogP contribution in [0.1, 0.15) is 16.8 Å². The van der Waals surface area contributed by atoms with Gasteiger partial charge in [0.05, 0.1) is 18.2 Å².